The molecule has 0 aromatic carbocycles. The van der Waals surface area contributed by atoms with Gasteiger partial charge in [-0.25, -0.2) is 8.42 Å². The number of aliphatic imine (C=N–C) groups is 1. The van der Waals surface area contributed by atoms with E-state index < -0.39 is 15.5 Å². The molecule has 1 aliphatic heterocycles. The number of hydrogen-bond donors (Lipinski definition) is 2. The molecule has 1 rings (SSSR count). The molecule has 0 spiro atoms. The van der Waals surface area contributed by atoms with Gasteiger partial charge < -0.3 is 10.6 Å². The van der Waals surface area contributed by atoms with Crippen LogP contribution in [0.2, 0.25) is 0 Å². The van der Waals surface area contributed by atoms with Crippen LogP contribution >= 0.6 is 24.0 Å². The standard InChI is InChI=1S/C11H17F3N4O2S.HI/c1-3-6-16-10(15-2)17-9-4-7-18(8-5-9)21(19,20)11(12,13)14;/h1,9H,4-8H2,2H3,(H2,15,16,17);1H. The van der Waals surface area contributed by atoms with E-state index in [9.17, 15) is 21.6 Å². The van der Waals surface area contributed by atoms with Gasteiger partial charge in [-0.2, -0.15) is 17.5 Å². The van der Waals surface area contributed by atoms with Gasteiger partial charge in [0.2, 0.25) is 0 Å². The Labute approximate surface area is 145 Å². The minimum Gasteiger partial charge on any atom is -0.354 e. The second-order valence-electron chi connectivity index (χ2n) is 4.40. The van der Waals surface area contributed by atoms with Crippen LogP contribution in [0.1, 0.15) is 12.8 Å². The van der Waals surface area contributed by atoms with Crippen LogP contribution in [0, 0.1) is 12.3 Å². The van der Waals surface area contributed by atoms with Gasteiger partial charge in [-0.15, -0.1) is 30.4 Å². The fourth-order valence-corrected chi connectivity index (χ4v) is 2.89. The van der Waals surface area contributed by atoms with E-state index in [0.29, 0.717) is 10.3 Å². The van der Waals surface area contributed by atoms with Gasteiger partial charge in [0.15, 0.2) is 5.96 Å². The highest BCUT2D eigenvalue weighted by atomic mass is 127. The van der Waals surface area contributed by atoms with Crippen molar-refractivity contribution < 1.29 is 21.6 Å². The lowest BCUT2D eigenvalue weighted by atomic mass is 10.1. The summed E-state index contributed by atoms with van der Waals surface area (Å²) in [4.78, 5) is 3.91. The monoisotopic (exact) mass is 454 g/mol. The van der Waals surface area contributed by atoms with Gasteiger partial charge in [0.05, 0.1) is 6.54 Å². The van der Waals surface area contributed by atoms with Gasteiger partial charge in [-0.05, 0) is 12.8 Å². The van der Waals surface area contributed by atoms with Gasteiger partial charge in [-0.3, -0.25) is 4.99 Å². The smallest absolute Gasteiger partial charge is 0.354 e. The van der Waals surface area contributed by atoms with Gasteiger partial charge in [0.25, 0.3) is 0 Å². The number of halogens is 4. The fraction of sp³-hybridized carbons (Fsp3) is 0.727. The number of terminal acetylenes is 1. The molecule has 0 aliphatic carbocycles. The zero-order chi connectivity index (χ0) is 16.1. The lowest BCUT2D eigenvalue weighted by Gasteiger charge is -2.32. The van der Waals surface area contributed by atoms with E-state index in [2.05, 4.69) is 21.5 Å². The summed E-state index contributed by atoms with van der Waals surface area (Å²) < 4.78 is 60.3. The molecule has 1 fully saturated rings. The van der Waals surface area contributed by atoms with Crippen LogP contribution in [-0.2, 0) is 10.0 Å². The molecule has 0 atom stereocenters. The summed E-state index contributed by atoms with van der Waals surface area (Å²) in [6, 6.07) is -0.159. The topological polar surface area (TPSA) is 73.8 Å². The van der Waals surface area contributed by atoms with E-state index in [1.165, 1.54) is 7.05 Å². The number of rotatable bonds is 3. The largest absolute Gasteiger partial charge is 0.511 e. The third kappa shape index (κ3) is 5.47. The molecular formula is C11H18F3IN4O2S. The Morgan fingerprint density at radius 2 is 1.95 bits per heavy atom. The van der Waals surface area contributed by atoms with Gasteiger partial charge in [-0.1, -0.05) is 5.92 Å². The van der Waals surface area contributed by atoms with E-state index in [-0.39, 0.29) is 62.5 Å². The van der Waals surface area contributed by atoms with E-state index in [1.54, 1.807) is 0 Å². The van der Waals surface area contributed by atoms with Crippen molar-refractivity contribution in [1.29, 1.82) is 0 Å². The molecule has 0 radical (unpaired) electrons. The first-order valence-corrected chi connectivity index (χ1v) is 7.63. The van der Waals surface area contributed by atoms with Gasteiger partial charge in [0.1, 0.15) is 0 Å². The summed E-state index contributed by atoms with van der Waals surface area (Å²) in [5.74, 6) is 2.80. The highest BCUT2D eigenvalue weighted by molar-refractivity contribution is 14.0. The van der Waals surface area contributed by atoms with Crippen molar-refractivity contribution in [2.45, 2.75) is 24.4 Å². The summed E-state index contributed by atoms with van der Waals surface area (Å²) >= 11 is 0. The van der Waals surface area contributed by atoms with Crippen LogP contribution in [0.5, 0.6) is 0 Å². The zero-order valence-corrected chi connectivity index (χ0v) is 15.0. The first kappa shape index (κ1) is 21.3. The van der Waals surface area contributed by atoms with Crippen LogP contribution < -0.4 is 10.6 Å². The third-order valence-electron chi connectivity index (χ3n) is 3.01. The van der Waals surface area contributed by atoms with E-state index in [4.69, 9.17) is 6.42 Å². The van der Waals surface area contributed by atoms with Crippen LogP contribution in [0.4, 0.5) is 13.2 Å². The predicted octanol–water partition coefficient (Wildman–Crippen LogP) is 0.717. The molecule has 0 aromatic rings. The number of sulfonamides is 1. The van der Waals surface area contributed by atoms with Crippen LogP contribution in [0.3, 0.4) is 0 Å². The van der Waals surface area contributed by atoms with Gasteiger partial charge >= 0.3 is 15.5 Å². The zero-order valence-electron chi connectivity index (χ0n) is 11.9. The third-order valence-corrected chi connectivity index (χ3v) is 4.64. The lowest BCUT2D eigenvalue weighted by Crippen LogP contribution is -2.51. The molecule has 0 amide bonds. The quantitative estimate of drug-likeness (QED) is 0.285. The van der Waals surface area contributed by atoms with Crippen molar-refractivity contribution in [1.82, 2.24) is 14.9 Å². The Morgan fingerprint density at radius 1 is 1.41 bits per heavy atom. The fourth-order valence-electron chi connectivity index (χ4n) is 1.91. The molecule has 128 valence electrons. The van der Waals surface area contributed by atoms with Crippen LogP contribution in [0.25, 0.3) is 0 Å². The maximum atomic E-state index is 12.4. The number of piperidine rings is 1. The molecule has 0 aromatic heterocycles. The minimum atomic E-state index is -5.25. The Bertz CT molecular complexity index is 522. The Balaban J connectivity index is 0.00000441. The molecular weight excluding hydrogens is 436 g/mol. The van der Waals surface area contributed by atoms with E-state index in [0.717, 1.165) is 0 Å². The molecule has 1 heterocycles. The Kier molecular flexibility index (Phi) is 8.48. The number of alkyl halides is 3. The normalized spacial score (nSPS) is 18.2. The van der Waals surface area contributed by atoms with Crippen molar-refractivity contribution in [2.75, 3.05) is 26.7 Å². The maximum Gasteiger partial charge on any atom is 0.511 e. The number of hydrogen-bond acceptors (Lipinski definition) is 3. The summed E-state index contributed by atoms with van der Waals surface area (Å²) in [5, 5.41) is 5.81. The molecule has 6 nitrogen and oxygen atoms in total. The number of nitrogens with one attached hydrogen (secondary N) is 2. The van der Waals surface area contributed by atoms with Crippen molar-refractivity contribution in [3.63, 3.8) is 0 Å². The van der Waals surface area contributed by atoms with Crippen molar-refractivity contribution in [3.8, 4) is 12.3 Å². The molecule has 0 unspecified atom stereocenters. The molecule has 0 bridgehead atoms. The lowest BCUT2D eigenvalue weighted by molar-refractivity contribution is -0.0494. The van der Waals surface area contributed by atoms with Crippen molar-refractivity contribution in [2.24, 2.45) is 4.99 Å². The molecule has 1 aliphatic rings. The number of nitrogens with zero attached hydrogens (tertiary/aromatic N) is 2. The van der Waals surface area contributed by atoms with Gasteiger partial charge in [0, 0.05) is 26.2 Å². The van der Waals surface area contributed by atoms with E-state index >= 15 is 0 Å². The maximum absolute atomic E-state index is 12.4. The first-order chi connectivity index (χ1) is 9.72. The second kappa shape index (κ2) is 8.78. The molecule has 1 saturated heterocycles. The molecule has 22 heavy (non-hydrogen) atoms. The van der Waals surface area contributed by atoms with Crippen LogP contribution in [0.15, 0.2) is 4.99 Å². The predicted molar refractivity (Wildman–Crippen MR) is 88.3 cm³/mol. The molecule has 11 heteroatoms. The summed E-state index contributed by atoms with van der Waals surface area (Å²) in [6.07, 6.45) is 5.61. The SMILES string of the molecule is C#CCNC(=NC)NC1CCN(S(=O)(=O)C(F)(F)F)CC1.I. The Hall–Kier alpha value is -0.740. The average Bonchev–Trinajstić information content (AvgIpc) is 2.42. The summed E-state index contributed by atoms with van der Waals surface area (Å²) in [5.41, 5.74) is -5.25. The highest BCUT2D eigenvalue weighted by Gasteiger charge is 2.50. The van der Waals surface area contributed by atoms with Crippen molar-refractivity contribution in [3.05, 3.63) is 0 Å². The molecule has 2 N–H and O–H groups in total. The second-order valence-corrected chi connectivity index (χ2v) is 6.33. The number of guanidine groups is 1. The van der Waals surface area contributed by atoms with Crippen LogP contribution in [-0.4, -0.2) is 56.9 Å². The Morgan fingerprint density at radius 3 is 2.36 bits per heavy atom. The highest BCUT2D eigenvalue weighted by Crippen LogP contribution is 2.28. The minimum absolute atomic E-state index is 0. The van der Waals surface area contributed by atoms with E-state index in [1.807, 2.05) is 0 Å². The van der Waals surface area contributed by atoms with Crippen molar-refractivity contribution >= 4 is 40.0 Å². The summed E-state index contributed by atoms with van der Waals surface area (Å²) in [7, 11) is -3.70. The molecule has 0 saturated carbocycles. The first-order valence-electron chi connectivity index (χ1n) is 6.19. The average molecular weight is 454 g/mol. The summed E-state index contributed by atoms with van der Waals surface area (Å²) in [6.45, 7) is -0.113.